The molecular formula is C17H22N4O. The van der Waals surface area contributed by atoms with Gasteiger partial charge in [-0.1, -0.05) is 18.2 Å². The van der Waals surface area contributed by atoms with Gasteiger partial charge in [0.05, 0.1) is 24.9 Å². The lowest BCUT2D eigenvalue weighted by atomic mass is 9.97. The molecule has 0 radical (unpaired) electrons. The fourth-order valence-corrected chi connectivity index (χ4v) is 2.80. The van der Waals surface area contributed by atoms with Crippen molar-refractivity contribution in [3.05, 3.63) is 36.2 Å². The van der Waals surface area contributed by atoms with Crippen molar-refractivity contribution in [2.24, 2.45) is 5.73 Å². The molecule has 0 amide bonds. The second-order valence-electron chi connectivity index (χ2n) is 6.36. The quantitative estimate of drug-likeness (QED) is 0.786. The number of hydrogen-bond acceptors (Lipinski definition) is 4. The number of hydrogen-bond donors (Lipinski definition) is 1. The van der Waals surface area contributed by atoms with Crippen molar-refractivity contribution in [1.29, 1.82) is 0 Å². The molecule has 1 aromatic carbocycles. The van der Waals surface area contributed by atoms with Gasteiger partial charge < -0.3 is 10.5 Å². The Balaban J connectivity index is 2.26. The van der Waals surface area contributed by atoms with Gasteiger partial charge in [0.25, 0.3) is 0 Å². The molecule has 3 rings (SSSR count). The zero-order chi connectivity index (χ0) is 15.7. The van der Waals surface area contributed by atoms with E-state index in [1.54, 1.807) is 7.11 Å². The largest absolute Gasteiger partial charge is 0.383 e. The monoisotopic (exact) mass is 298 g/mol. The second-order valence-corrected chi connectivity index (χ2v) is 6.36. The number of pyridine rings is 1. The molecule has 0 aliphatic heterocycles. The first kappa shape index (κ1) is 14.9. The highest BCUT2D eigenvalue weighted by Gasteiger charge is 2.20. The molecule has 22 heavy (non-hydrogen) atoms. The molecule has 0 aliphatic rings. The first-order valence-corrected chi connectivity index (χ1v) is 7.50. The normalized spacial score (nSPS) is 12.4. The van der Waals surface area contributed by atoms with Gasteiger partial charge in [0.15, 0.2) is 0 Å². The summed E-state index contributed by atoms with van der Waals surface area (Å²) >= 11 is 0. The molecule has 0 saturated carbocycles. The lowest BCUT2D eigenvalue weighted by molar-refractivity contribution is 0.182. The molecule has 0 unspecified atom stereocenters. The van der Waals surface area contributed by atoms with E-state index < -0.39 is 0 Å². The Morgan fingerprint density at radius 3 is 2.73 bits per heavy atom. The summed E-state index contributed by atoms with van der Waals surface area (Å²) in [6, 6.07) is 8.16. The van der Waals surface area contributed by atoms with Crippen LogP contribution in [0.3, 0.4) is 0 Å². The van der Waals surface area contributed by atoms with Crippen LogP contribution in [-0.4, -0.2) is 34.0 Å². The number of rotatable bonds is 5. The van der Waals surface area contributed by atoms with E-state index in [-0.39, 0.29) is 5.54 Å². The molecule has 2 N–H and O–H groups in total. The molecule has 0 fully saturated rings. The maximum Gasteiger partial charge on any atom is 0.112 e. The number of benzene rings is 1. The van der Waals surface area contributed by atoms with Crippen LogP contribution in [0.5, 0.6) is 0 Å². The Kier molecular flexibility index (Phi) is 3.85. The first-order chi connectivity index (χ1) is 10.5. The standard InChI is InChI=1S/C17H22N4O/c1-17(2,18)10-15-16-12-6-4-5-7-13(12)19-11-14(16)20-21(15)8-9-22-3/h4-7,11H,8-10,18H2,1-3H3. The number of ether oxygens (including phenoxy) is 1. The van der Waals surface area contributed by atoms with Gasteiger partial charge in [-0.05, 0) is 19.9 Å². The van der Waals surface area contributed by atoms with E-state index in [0.29, 0.717) is 13.2 Å². The number of nitrogens with two attached hydrogens (primary N) is 1. The van der Waals surface area contributed by atoms with Crippen molar-refractivity contribution < 1.29 is 4.74 Å². The van der Waals surface area contributed by atoms with Crippen molar-refractivity contribution in [3.63, 3.8) is 0 Å². The lowest BCUT2D eigenvalue weighted by Crippen LogP contribution is -2.35. The smallest absolute Gasteiger partial charge is 0.112 e. The summed E-state index contributed by atoms with van der Waals surface area (Å²) < 4.78 is 7.22. The molecule has 5 heteroatoms. The SMILES string of the molecule is COCCn1nc2cnc3ccccc3c2c1CC(C)(C)N. The fraction of sp³-hybridized carbons (Fsp3) is 0.412. The first-order valence-electron chi connectivity index (χ1n) is 7.50. The summed E-state index contributed by atoms with van der Waals surface area (Å²) in [4.78, 5) is 4.50. The van der Waals surface area contributed by atoms with Crippen molar-refractivity contribution in [1.82, 2.24) is 14.8 Å². The van der Waals surface area contributed by atoms with Gasteiger partial charge in [-0.2, -0.15) is 5.10 Å². The summed E-state index contributed by atoms with van der Waals surface area (Å²) in [5.74, 6) is 0. The molecule has 2 heterocycles. The average Bonchev–Trinajstić information content (AvgIpc) is 2.81. The van der Waals surface area contributed by atoms with Crippen LogP contribution >= 0.6 is 0 Å². The number of nitrogens with zero attached hydrogens (tertiary/aromatic N) is 3. The van der Waals surface area contributed by atoms with E-state index >= 15 is 0 Å². The van der Waals surface area contributed by atoms with Gasteiger partial charge in [-0.25, -0.2) is 0 Å². The topological polar surface area (TPSA) is 66.0 Å². The fourth-order valence-electron chi connectivity index (χ4n) is 2.80. The highest BCUT2D eigenvalue weighted by molar-refractivity contribution is 6.05. The minimum atomic E-state index is -0.303. The van der Waals surface area contributed by atoms with Gasteiger partial charge in [0, 0.05) is 35.5 Å². The van der Waals surface area contributed by atoms with E-state index in [1.807, 2.05) is 42.9 Å². The van der Waals surface area contributed by atoms with Crippen LogP contribution in [-0.2, 0) is 17.7 Å². The minimum Gasteiger partial charge on any atom is -0.383 e. The summed E-state index contributed by atoms with van der Waals surface area (Å²) in [7, 11) is 1.70. The Hall–Kier alpha value is -1.98. The molecule has 0 spiro atoms. The third-order valence-electron chi connectivity index (χ3n) is 3.71. The molecule has 3 aromatic rings. The van der Waals surface area contributed by atoms with Gasteiger partial charge in [0.2, 0.25) is 0 Å². The third-order valence-corrected chi connectivity index (χ3v) is 3.71. The van der Waals surface area contributed by atoms with Crippen LogP contribution in [0.4, 0.5) is 0 Å². The molecule has 0 atom stereocenters. The predicted octanol–water partition coefficient (Wildman–Crippen LogP) is 2.51. The minimum absolute atomic E-state index is 0.303. The van der Waals surface area contributed by atoms with Crippen LogP contribution in [0.1, 0.15) is 19.5 Å². The average molecular weight is 298 g/mol. The molecule has 0 aliphatic carbocycles. The van der Waals surface area contributed by atoms with Gasteiger partial charge in [-0.3, -0.25) is 9.67 Å². The number of aromatic nitrogens is 3. The van der Waals surface area contributed by atoms with E-state index in [2.05, 4.69) is 11.1 Å². The third kappa shape index (κ3) is 2.82. The zero-order valence-electron chi connectivity index (χ0n) is 13.3. The Labute approximate surface area is 130 Å². The molecular weight excluding hydrogens is 276 g/mol. The molecule has 2 aromatic heterocycles. The van der Waals surface area contributed by atoms with Crippen LogP contribution in [0.2, 0.25) is 0 Å². The van der Waals surface area contributed by atoms with E-state index in [1.165, 1.54) is 0 Å². The number of para-hydroxylation sites is 1. The Morgan fingerprint density at radius 2 is 2.00 bits per heavy atom. The number of methoxy groups -OCH3 is 1. The summed E-state index contributed by atoms with van der Waals surface area (Å²) in [6.07, 6.45) is 2.59. The van der Waals surface area contributed by atoms with Crippen molar-refractivity contribution in [3.8, 4) is 0 Å². The van der Waals surface area contributed by atoms with Gasteiger partial charge in [-0.15, -0.1) is 0 Å². The predicted molar refractivity (Wildman–Crippen MR) is 88.9 cm³/mol. The van der Waals surface area contributed by atoms with Crippen LogP contribution in [0, 0.1) is 0 Å². The van der Waals surface area contributed by atoms with E-state index in [4.69, 9.17) is 15.6 Å². The Bertz CT molecular complexity index is 801. The van der Waals surface area contributed by atoms with Crippen LogP contribution < -0.4 is 5.73 Å². The summed E-state index contributed by atoms with van der Waals surface area (Å²) in [6.45, 7) is 5.41. The second kappa shape index (κ2) is 5.66. The van der Waals surface area contributed by atoms with Gasteiger partial charge in [0.1, 0.15) is 5.52 Å². The maximum absolute atomic E-state index is 6.27. The van der Waals surface area contributed by atoms with Gasteiger partial charge >= 0.3 is 0 Å². The van der Waals surface area contributed by atoms with Crippen LogP contribution in [0.15, 0.2) is 30.5 Å². The molecule has 0 bridgehead atoms. The van der Waals surface area contributed by atoms with Crippen molar-refractivity contribution in [2.45, 2.75) is 32.4 Å². The molecule has 0 saturated heterocycles. The number of fused-ring (bicyclic) bond motifs is 3. The highest BCUT2D eigenvalue weighted by Crippen LogP contribution is 2.28. The summed E-state index contributed by atoms with van der Waals surface area (Å²) in [5, 5.41) is 6.98. The van der Waals surface area contributed by atoms with Crippen molar-refractivity contribution in [2.75, 3.05) is 13.7 Å². The van der Waals surface area contributed by atoms with Crippen molar-refractivity contribution >= 4 is 21.8 Å². The maximum atomic E-state index is 6.27. The van der Waals surface area contributed by atoms with Crippen LogP contribution in [0.25, 0.3) is 21.8 Å². The van der Waals surface area contributed by atoms with E-state index in [9.17, 15) is 0 Å². The molecule has 116 valence electrons. The molecule has 5 nitrogen and oxygen atoms in total. The Morgan fingerprint density at radius 1 is 1.23 bits per heavy atom. The highest BCUT2D eigenvalue weighted by atomic mass is 16.5. The lowest BCUT2D eigenvalue weighted by Gasteiger charge is -2.19. The zero-order valence-corrected chi connectivity index (χ0v) is 13.3. The van der Waals surface area contributed by atoms with E-state index in [0.717, 1.165) is 33.9 Å². The summed E-state index contributed by atoms with van der Waals surface area (Å²) in [5.41, 5.74) is 9.01.